The van der Waals surface area contributed by atoms with Crippen LogP contribution in [0.2, 0.25) is 5.02 Å². The Balaban J connectivity index is 1.35. The summed E-state index contributed by atoms with van der Waals surface area (Å²) in [5.74, 6) is 2.04. The molecule has 4 heterocycles. The summed E-state index contributed by atoms with van der Waals surface area (Å²) >= 11 is 9.52. The SMILES string of the molecule is Clc1ccccc1-c1nc(CSc2nnc(-c3cccs3)n2CC2CCCO2)co1. The zero-order chi connectivity index (χ0) is 20.3. The van der Waals surface area contributed by atoms with E-state index in [9.17, 15) is 0 Å². The third kappa shape index (κ3) is 4.18. The highest BCUT2D eigenvalue weighted by Crippen LogP contribution is 2.32. The molecule has 9 heteroatoms. The molecule has 3 aromatic heterocycles. The lowest BCUT2D eigenvalue weighted by atomic mass is 10.2. The van der Waals surface area contributed by atoms with Crippen molar-refractivity contribution in [2.75, 3.05) is 6.61 Å². The van der Waals surface area contributed by atoms with Crippen LogP contribution in [-0.4, -0.2) is 32.5 Å². The lowest BCUT2D eigenvalue weighted by molar-refractivity contribution is 0.0953. The van der Waals surface area contributed by atoms with Crippen LogP contribution in [0.3, 0.4) is 0 Å². The zero-order valence-corrected chi connectivity index (χ0v) is 18.4. The Hall–Kier alpha value is -2.13. The van der Waals surface area contributed by atoms with Gasteiger partial charge in [0.15, 0.2) is 11.0 Å². The van der Waals surface area contributed by atoms with E-state index in [0.717, 1.165) is 53.1 Å². The molecule has 0 aliphatic carbocycles. The molecular formula is C21H19ClN4O2S2. The topological polar surface area (TPSA) is 66.0 Å². The number of halogens is 1. The van der Waals surface area contributed by atoms with Crippen molar-refractivity contribution >= 4 is 34.7 Å². The molecule has 1 aliphatic heterocycles. The van der Waals surface area contributed by atoms with Crippen LogP contribution in [0.5, 0.6) is 0 Å². The van der Waals surface area contributed by atoms with Gasteiger partial charge in [-0.15, -0.1) is 21.5 Å². The largest absolute Gasteiger partial charge is 0.444 e. The van der Waals surface area contributed by atoms with Crippen molar-refractivity contribution in [1.82, 2.24) is 19.7 Å². The number of hydrogen-bond acceptors (Lipinski definition) is 7. The van der Waals surface area contributed by atoms with Crippen LogP contribution >= 0.6 is 34.7 Å². The van der Waals surface area contributed by atoms with Gasteiger partial charge in [-0.3, -0.25) is 4.57 Å². The molecule has 1 aliphatic rings. The molecule has 0 amide bonds. The summed E-state index contributed by atoms with van der Waals surface area (Å²) in [6, 6.07) is 11.6. The predicted octanol–water partition coefficient (Wildman–Crippen LogP) is 5.79. The van der Waals surface area contributed by atoms with Gasteiger partial charge in [0.05, 0.1) is 33.8 Å². The van der Waals surface area contributed by atoms with Crippen molar-refractivity contribution in [3.63, 3.8) is 0 Å². The Morgan fingerprint density at radius 2 is 2.13 bits per heavy atom. The summed E-state index contributed by atoms with van der Waals surface area (Å²) in [4.78, 5) is 5.70. The fraction of sp³-hybridized carbons (Fsp3) is 0.286. The summed E-state index contributed by atoms with van der Waals surface area (Å²) in [5, 5.41) is 12.5. The molecule has 0 N–H and O–H groups in total. The minimum Gasteiger partial charge on any atom is -0.444 e. The molecule has 0 radical (unpaired) electrons. The first-order valence-electron chi connectivity index (χ1n) is 9.69. The number of ether oxygens (including phenoxy) is 1. The summed E-state index contributed by atoms with van der Waals surface area (Å²) in [6.07, 6.45) is 4.05. The molecule has 30 heavy (non-hydrogen) atoms. The average Bonchev–Trinajstić information content (AvgIpc) is 3.55. The molecule has 1 atom stereocenters. The molecule has 1 saturated heterocycles. The molecule has 154 valence electrons. The molecule has 4 aromatic rings. The number of thioether (sulfide) groups is 1. The van der Waals surface area contributed by atoms with Crippen molar-refractivity contribution in [3.05, 3.63) is 58.8 Å². The number of benzene rings is 1. The van der Waals surface area contributed by atoms with Crippen LogP contribution < -0.4 is 0 Å². The van der Waals surface area contributed by atoms with Gasteiger partial charge in [-0.2, -0.15) is 0 Å². The number of thiophene rings is 1. The highest BCUT2D eigenvalue weighted by Gasteiger charge is 2.22. The Morgan fingerprint density at radius 1 is 1.20 bits per heavy atom. The van der Waals surface area contributed by atoms with E-state index in [-0.39, 0.29) is 6.10 Å². The highest BCUT2D eigenvalue weighted by molar-refractivity contribution is 7.98. The van der Waals surface area contributed by atoms with Gasteiger partial charge in [-0.25, -0.2) is 4.98 Å². The van der Waals surface area contributed by atoms with Crippen molar-refractivity contribution < 1.29 is 9.15 Å². The summed E-state index contributed by atoms with van der Waals surface area (Å²) in [7, 11) is 0. The second-order valence-electron chi connectivity index (χ2n) is 6.94. The van der Waals surface area contributed by atoms with Gasteiger partial charge in [0.1, 0.15) is 6.26 Å². The monoisotopic (exact) mass is 458 g/mol. The van der Waals surface area contributed by atoms with Crippen molar-refractivity contribution in [2.24, 2.45) is 0 Å². The average molecular weight is 459 g/mol. The van der Waals surface area contributed by atoms with Gasteiger partial charge in [0.25, 0.3) is 0 Å². The van der Waals surface area contributed by atoms with E-state index in [1.54, 1.807) is 29.4 Å². The van der Waals surface area contributed by atoms with Crippen LogP contribution in [0.4, 0.5) is 0 Å². The standard InChI is InChI=1S/C21H19ClN4O2S2/c22-17-7-2-1-6-16(17)20-23-14(12-28-20)13-30-21-25-24-19(18-8-4-10-29-18)26(21)11-15-5-3-9-27-15/h1-2,4,6-8,10,12,15H,3,5,9,11,13H2. The number of aromatic nitrogens is 4. The molecule has 1 fully saturated rings. The maximum Gasteiger partial charge on any atom is 0.227 e. The zero-order valence-electron chi connectivity index (χ0n) is 16.0. The van der Waals surface area contributed by atoms with E-state index in [1.165, 1.54) is 0 Å². The molecule has 0 saturated carbocycles. The summed E-state index contributed by atoms with van der Waals surface area (Å²) in [6.45, 7) is 1.58. The normalized spacial score (nSPS) is 16.4. The van der Waals surface area contributed by atoms with E-state index in [0.29, 0.717) is 16.7 Å². The molecule has 0 spiro atoms. The summed E-state index contributed by atoms with van der Waals surface area (Å²) < 4.78 is 13.7. The first-order chi connectivity index (χ1) is 14.8. The second kappa shape index (κ2) is 8.93. The fourth-order valence-corrected chi connectivity index (χ4v) is 5.17. The van der Waals surface area contributed by atoms with E-state index in [2.05, 4.69) is 31.2 Å². The maximum atomic E-state index is 6.26. The Labute approximate surface area is 187 Å². The maximum absolute atomic E-state index is 6.26. The minimum absolute atomic E-state index is 0.206. The first-order valence-corrected chi connectivity index (χ1v) is 11.9. The number of rotatable bonds is 7. The van der Waals surface area contributed by atoms with E-state index >= 15 is 0 Å². The van der Waals surface area contributed by atoms with Gasteiger partial charge in [-0.05, 0) is 36.4 Å². The Kier molecular flexibility index (Phi) is 5.90. The van der Waals surface area contributed by atoms with E-state index in [4.69, 9.17) is 20.8 Å². The fourth-order valence-electron chi connectivity index (χ4n) is 3.41. The molecule has 1 aromatic carbocycles. The molecule has 5 rings (SSSR count). The third-order valence-corrected chi connectivity index (χ3v) is 7.07. The molecular weight excluding hydrogens is 440 g/mol. The van der Waals surface area contributed by atoms with Gasteiger partial charge in [-0.1, -0.05) is 41.6 Å². The van der Waals surface area contributed by atoms with Crippen LogP contribution in [0.25, 0.3) is 22.2 Å². The van der Waals surface area contributed by atoms with Crippen LogP contribution in [0.1, 0.15) is 18.5 Å². The van der Waals surface area contributed by atoms with Crippen molar-refractivity contribution in [3.8, 4) is 22.2 Å². The van der Waals surface area contributed by atoms with Gasteiger partial charge in [0, 0.05) is 12.4 Å². The van der Waals surface area contributed by atoms with E-state index in [1.807, 2.05) is 30.3 Å². The minimum atomic E-state index is 0.206. The highest BCUT2D eigenvalue weighted by atomic mass is 35.5. The number of nitrogens with zero attached hydrogens (tertiary/aromatic N) is 4. The number of oxazole rings is 1. The van der Waals surface area contributed by atoms with Gasteiger partial charge in [0.2, 0.25) is 5.89 Å². The smallest absolute Gasteiger partial charge is 0.227 e. The Bertz CT molecular complexity index is 1120. The first kappa shape index (κ1) is 19.8. The Morgan fingerprint density at radius 3 is 2.93 bits per heavy atom. The van der Waals surface area contributed by atoms with Crippen LogP contribution in [-0.2, 0) is 17.0 Å². The second-order valence-corrected chi connectivity index (χ2v) is 9.24. The molecule has 0 bridgehead atoms. The third-order valence-electron chi connectivity index (χ3n) is 4.87. The molecule has 1 unspecified atom stereocenters. The molecule has 6 nitrogen and oxygen atoms in total. The van der Waals surface area contributed by atoms with Gasteiger partial charge >= 0.3 is 0 Å². The van der Waals surface area contributed by atoms with Crippen molar-refractivity contribution in [2.45, 2.75) is 36.4 Å². The summed E-state index contributed by atoms with van der Waals surface area (Å²) in [5.41, 5.74) is 1.62. The lowest BCUT2D eigenvalue weighted by Gasteiger charge is -2.13. The lowest BCUT2D eigenvalue weighted by Crippen LogP contribution is -2.16. The van der Waals surface area contributed by atoms with Crippen molar-refractivity contribution in [1.29, 1.82) is 0 Å². The predicted molar refractivity (Wildman–Crippen MR) is 119 cm³/mol. The van der Waals surface area contributed by atoms with Gasteiger partial charge < -0.3 is 9.15 Å². The van der Waals surface area contributed by atoms with E-state index < -0.39 is 0 Å². The number of hydrogen-bond donors (Lipinski definition) is 0. The quantitative estimate of drug-likeness (QED) is 0.327. The van der Waals surface area contributed by atoms with Crippen LogP contribution in [0.15, 0.2) is 57.6 Å². The van der Waals surface area contributed by atoms with Crippen LogP contribution in [0, 0.1) is 0 Å².